The van der Waals surface area contributed by atoms with E-state index in [-0.39, 0.29) is 10.9 Å². The van der Waals surface area contributed by atoms with Gasteiger partial charge in [-0.3, -0.25) is 0 Å². The number of hydrogen-bond acceptors (Lipinski definition) is 2. The molecule has 128 valence electrons. The van der Waals surface area contributed by atoms with Gasteiger partial charge in [0.2, 0.25) is 10.0 Å². The molecule has 0 fully saturated rings. The number of aromatic nitrogens is 1. The lowest BCUT2D eigenvalue weighted by Crippen LogP contribution is -2.42. The van der Waals surface area contributed by atoms with Gasteiger partial charge in [0.15, 0.2) is 0 Å². The maximum absolute atomic E-state index is 13.3. The number of fused-ring (bicyclic) bond motifs is 1. The zero-order valence-corrected chi connectivity index (χ0v) is 15.0. The third kappa shape index (κ3) is 2.88. The fourth-order valence-corrected chi connectivity index (χ4v) is 5.04. The van der Waals surface area contributed by atoms with Gasteiger partial charge < -0.3 is 4.57 Å². The molecule has 0 bridgehead atoms. The standard InChI is InChI=1S/C19H17ClN2O2S/c20-16-8-10-17(11-9-16)25(23,24)22-14-13-21-12-4-7-18(21)19(22)15-5-2-1-3-6-15/h1-12,19H,13-14H2/t19-/m0/s1. The molecule has 0 unspecified atom stereocenters. The molecule has 0 saturated carbocycles. The molecule has 0 aliphatic carbocycles. The first-order valence-electron chi connectivity index (χ1n) is 8.05. The Bertz CT molecular complexity index is 982. The molecule has 1 aliphatic rings. The lowest BCUT2D eigenvalue weighted by atomic mass is 10.0. The van der Waals surface area contributed by atoms with Crippen LogP contribution in [0.25, 0.3) is 0 Å². The van der Waals surface area contributed by atoms with Crippen molar-refractivity contribution >= 4 is 21.6 Å². The molecule has 0 saturated heterocycles. The highest BCUT2D eigenvalue weighted by molar-refractivity contribution is 7.89. The number of rotatable bonds is 3. The molecule has 1 atom stereocenters. The van der Waals surface area contributed by atoms with E-state index in [4.69, 9.17) is 11.6 Å². The molecule has 4 nitrogen and oxygen atoms in total. The summed E-state index contributed by atoms with van der Waals surface area (Å²) >= 11 is 5.91. The zero-order valence-electron chi connectivity index (χ0n) is 13.4. The maximum atomic E-state index is 13.3. The quantitative estimate of drug-likeness (QED) is 0.699. The third-order valence-electron chi connectivity index (χ3n) is 4.53. The molecule has 1 aliphatic heterocycles. The van der Waals surface area contributed by atoms with Crippen molar-refractivity contribution in [2.75, 3.05) is 6.54 Å². The third-order valence-corrected chi connectivity index (χ3v) is 6.66. The molecule has 3 aromatic rings. The van der Waals surface area contributed by atoms with Gasteiger partial charge in [-0.05, 0) is 42.0 Å². The minimum Gasteiger partial charge on any atom is -0.348 e. The van der Waals surface area contributed by atoms with Gasteiger partial charge in [0, 0.05) is 30.0 Å². The van der Waals surface area contributed by atoms with Gasteiger partial charge in [0.25, 0.3) is 0 Å². The summed E-state index contributed by atoms with van der Waals surface area (Å²) in [6, 6.07) is 19.7. The zero-order chi connectivity index (χ0) is 17.4. The van der Waals surface area contributed by atoms with Gasteiger partial charge >= 0.3 is 0 Å². The van der Waals surface area contributed by atoms with Crippen LogP contribution in [0.3, 0.4) is 0 Å². The fourth-order valence-electron chi connectivity index (χ4n) is 3.34. The van der Waals surface area contributed by atoms with Crippen molar-refractivity contribution in [3.8, 4) is 0 Å². The Labute approximate surface area is 152 Å². The smallest absolute Gasteiger partial charge is 0.244 e. The van der Waals surface area contributed by atoms with Gasteiger partial charge in [0.1, 0.15) is 0 Å². The van der Waals surface area contributed by atoms with Gasteiger partial charge in [0.05, 0.1) is 10.9 Å². The molecule has 6 heteroatoms. The molecular formula is C19H17ClN2O2S. The number of benzene rings is 2. The van der Waals surface area contributed by atoms with Crippen LogP contribution >= 0.6 is 11.6 Å². The van der Waals surface area contributed by atoms with Crippen molar-refractivity contribution in [3.63, 3.8) is 0 Å². The van der Waals surface area contributed by atoms with E-state index >= 15 is 0 Å². The van der Waals surface area contributed by atoms with Gasteiger partial charge in [-0.2, -0.15) is 4.31 Å². The molecule has 25 heavy (non-hydrogen) atoms. The molecule has 0 spiro atoms. The summed E-state index contributed by atoms with van der Waals surface area (Å²) in [4.78, 5) is 0.262. The minimum absolute atomic E-state index is 0.262. The average Bonchev–Trinajstić information content (AvgIpc) is 3.10. The highest BCUT2D eigenvalue weighted by Crippen LogP contribution is 2.36. The molecule has 2 aromatic carbocycles. The Morgan fingerprint density at radius 1 is 0.880 bits per heavy atom. The van der Waals surface area contributed by atoms with Crippen molar-refractivity contribution in [1.82, 2.24) is 8.87 Å². The summed E-state index contributed by atoms with van der Waals surface area (Å²) in [5.41, 5.74) is 1.94. The maximum Gasteiger partial charge on any atom is 0.244 e. The summed E-state index contributed by atoms with van der Waals surface area (Å²) in [5.74, 6) is 0. The molecule has 4 rings (SSSR count). The first-order valence-corrected chi connectivity index (χ1v) is 9.86. The topological polar surface area (TPSA) is 42.3 Å². The molecule has 0 radical (unpaired) electrons. The largest absolute Gasteiger partial charge is 0.348 e. The van der Waals surface area contributed by atoms with Gasteiger partial charge in [-0.25, -0.2) is 8.42 Å². The highest BCUT2D eigenvalue weighted by Gasteiger charge is 2.37. The molecule has 0 amide bonds. The van der Waals surface area contributed by atoms with Crippen LogP contribution in [0.4, 0.5) is 0 Å². The normalized spacial score (nSPS) is 18.0. The lowest BCUT2D eigenvalue weighted by Gasteiger charge is -2.36. The molecule has 1 aromatic heterocycles. The number of halogens is 1. The number of nitrogens with zero attached hydrogens (tertiary/aromatic N) is 2. The predicted molar refractivity (Wildman–Crippen MR) is 98.1 cm³/mol. The van der Waals surface area contributed by atoms with Gasteiger partial charge in [-0.1, -0.05) is 41.9 Å². The average molecular weight is 373 g/mol. The van der Waals surface area contributed by atoms with E-state index in [2.05, 4.69) is 4.57 Å². The number of sulfonamides is 1. The van der Waals surface area contributed by atoms with Crippen LogP contribution in [0.15, 0.2) is 77.8 Å². The summed E-state index contributed by atoms with van der Waals surface area (Å²) < 4.78 is 30.3. The van der Waals surface area contributed by atoms with Crippen LogP contribution in [0, 0.1) is 0 Å². The fraction of sp³-hybridized carbons (Fsp3) is 0.158. The Morgan fingerprint density at radius 3 is 2.32 bits per heavy atom. The second kappa shape index (κ2) is 6.33. The van der Waals surface area contributed by atoms with Crippen molar-refractivity contribution in [2.45, 2.75) is 17.5 Å². The van der Waals surface area contributed by atoms with Crippen LogP contribution in [-0.4, -0.2) is 23.8 Å². The molecule has 2 heterocycles. The van der Waals surface area contributed by atoms with E-state index in [9.17, 15) is 8.42 Å². The van der Waals surface area contributed by atoms with Crippen LogP contribution in [-0.2, 0) is 16.6 Å². The summed E-state index contributed by atoms with van der Waals surface area (Å²) in [5, 5.41) is 0.520. The van der Waals surface area contributed by atoms with Crippen LogP contribution in [0.2, 0.25) is 5.02 Å². The summed E-state index contributed by atoms with van der Waals surface area (Å²) in [6.45, 7) is 1.06. The van der Waals surface area contributed by atoms with E-state index in [1.807, 2.05) is 48.7 Å². The van der Waals surface area contributed by atoms with E-state index < -0.39 is 10.0 Å². The van der Waals surface area contributed by atoms with E-state index in [0.29, 0.717) is 18.1 Å². The van der Waals surface area contributed by atoms with Crippen LogP contribution < -0.4 is 0 Å². The van der Waals surface area contributed by atoms with Crippen molar-refractivity contribution in [3.05, 3.63) is 89.2 Å². The first kappa shape index (κ1) is 16.4. The van der Waals surface area contributed by atoms with E-state index in [0.717, 1.165) is 11.3 Å². The van der Waals surface area contributed by atoms with Crippen molar-refractivity contribution in [1.29, 1.82) is 0 Å². The Hall–Kier alpha value is -2.08. The minimum atomic E-state index is -3.64. The second-order valence-electron chi connectivity index (χ2n) is 6.01. The van der Waals surface area contributed by atoms with Crippen LogP contribution in [0.5, 0.6) is 0 Å². The van der Waals surface area contributed by atoms with Crippen LogP contribution in [0.1, 0.15) is 17.3 Å². The second-order valence-corrected chi connectivity index (χ2v) is 8.34. The monoisotopic (exact) mass is 372 g/mol. The SMILES string of the molecule is O=S(=O)(c1ccc(Cl)cc1)N1CCn2cccc2[C@@H]1c1ccccc1. The summed E-state index contributed by atoms with van der Waals surface area (Å²) in [6.07, 6.45) is 2.00. The molecule has 0 N–H and O–H groups in total. The Morgan fingerprint density at radius 2 is 1.60 bits per heavy atom. The number of hydrogen-bond donors (Lipinski definition) is 0. The first-order chi connectivity index (χ1) is 12.1. The predicted octanol–water partition coefficient (Wildman–Crippen LogP) is 3.94. The Balaban J connectivity index is 1.84. The van der Waals surface area contributed by atoms with Gasteiger partial charge in [-0.15, -0.1) is 0 Å². The van der Waals surface area contributed by atoms with E-state index in [1.165, 1.54) is 0 Å². The van der Waals surface area contributed by atoms with Crippen molar-refractivity contribution < 1.29 is 8.42 Å². The Kier molecular flexibility index (Phi) is 4.15. The van der Waals surface area contributed by atoms with E-state index in [1.54, 1.807) is 28.6 Å². The highest BCUT2D eigenvalue weighted by atomic mass is 35.5. The summed E-state index contributed by atoms with van der Waals surface area (Å²) in [7, 11) is -3.64. The lowest BCUT2D eigenvalue weighted by molar-refractivity contribution is 0.298. The van der Waals surface area contributed by atoms with Crippen molar-refractivity contribution in [2.24, 2.45) is 0 Å². The molecular weight excluding hydrogens is 356 g/mol.